The van der Waals surface area contributed by atoms with Crippen molar-refractivity contribution in [3.63, 3.8) is 0 Å². The molecule has 0 aliphatic carbocycles. The zero-order valence-corrected chi connectivity index (χ0v) is 14.2. The molecule has 140 valence electrons. The summed E-state index contributed by atoms with van der Waals surface area (Å²) in [6.07, 6.45) is -3.66. The van der Waals surface area contributed by atoms with Crippen molar-refractivity contribution >= 4 is 11.9 Å². The van der Waals surface area contributed by atoms with Gasteiger partial charge in [-0.1, -0.05) is 26.0 Å². The minimum Gasteiger partial charge on any atom is -0.476 e. The number of aromatic nitrogens is 2. The van der Waals surface area contributed by atoms with Crippen molar-refractivity contribution in [2.75, 3.05) is 0 Å². The van der Waals surface area contributed by atoms with Crippen LogP contribution in [0.5, 0.6) is 0 Å². The van der Waals surface area contributed by atoms with Gasteiger partial charge in [-0.2, -0.15) is 18.3 Å². The van der Waals surface area contributed by atoms with E-state index in [0.717, 1.165) is 13.8 Å². The van der Waals surface area contributed by atoms with Crippen LogP contribution in [0.1, 0.15) is 36.3 Å². The Bertz CT molecular complexity index is 813. The highest BCUT2D eigenvalue weighted by atomic mass is 19.4. The van der Waals surface area contributed by atoms with Crippen LogP contribution in [-0.4, -0.2) is 32.9 Å². The lowest BCUT2D eigenvalue weighted by molar-refractivity contribution is -0.213. The molecule has 0 fully saturated rings. The van der Waals surface area contributed by atoms with Crippen LogP contribution < -0.4 is 5.32 Å². The Labute approximate surface area is 147 Å². The van der Waals surface area contributed by atoms with E-state index in [1.807, 2.05) is 0 Å². The van der Waals surface area contributed by atoms with Gasteiger partial charge in [-0.3, -0.25) is 4.79 Å². The maximum Gasteiger partial charge on any atom is 0.394 e. The number of carboxylic acid groups (broad SMARTS) is 1. The Balaban J connectivity index is 2.02. The van der Waals surface area contributed by atoms with Crippen molar-refractivity contribution in [1.82, 2.24) is 15.1 Å². The van der Waals surface area contributed by atoms with Crippen molar-refractivity contribution in [3.05, 3.63) is 47.8 Å². The van der Waals surface area contributed by atoms with Crippen molar-refractivity contribution in [3.8, 4) is 5.69 Å². The molecule has 1 aromatic heterocycles. The van der Waals surface area contributed by atoms with Gasteiger partial charge in [0.2, 0.25) is 5.91 Å². The Hall–Kier alpha value is -2.84. The number of benzene rings is 1. The highest BCUT2D eigenvalue weighted by molar-refractivity contribution is 5.85. The van der Waals surface area contributed by atoms with E-state index in [1.165, 1.54) is 16.9 Å². The molecule has 6 nitrogen and oxygen atoms in total. The van der Waals surface area contributed by atoms with Gasteiger partial charge in [0, 0.05) is 19.2 Å². The number of rotatable bonds is 6. The van der Waals surface area contributed by atoms with Crippen LogP contribution in [0.25, 0.3) is 5.69 Å². The number of alkyl halides is 3. The van der Waals surface area contributed by atoms with Gasteiger partial charge >= 0.3 is 12.1 Å². The van der Waals surface area contributed by atoms with E-state index in [1.54, 1.807) is 24.3 Å². The average Bonchev–Trinajstić information content (AvgIpc) is 3.02. The average molecular weight is 369 g/mol. The number of carbonyl (C=O) groups excluding carboxylic acids is 1. The summed E-state index contributed by atoms with van der Waals surface area (Å²) in [5, 5.41) is 15.3. The highest BCUT2D eigenvalue weighted by Crippen LogP contribution is 2.40. The predicted molar refractivity (Wildman–Crippen MR) is 86.8 cm³/mol. The first-order valence-corrected chi connectivity index (χ1v) is 7.71. The maximum atomic E-state index is 12.8. The number of hydrogen-bond acceptors (Lipinski definition) is 3. The summed E-state index contributed by atoms with van der Waals surface area (Å²) in [5.74, 6) is -1.86. The van der Waals surface area contributed by atoms with E-state index in [-0.39, 0.29) is 12.2 Å². The van der Waals surface area contributed by atoms with Crippen molar-refractivity contribution in [1.29, 1.82) is 0 Å². The Morgan fingerprint density at radius 3 is 2.50 bits per heavy atom. The quantitative estimate of drug-likeness (QED) is 0.819. The van der Waals surface area contributed by atoms with Gasteiger partial charge in [0.25, 0.3) is 0 Å². The smallest absolute Gasteiger partial charge is 0.394 e. The van der Waals surface area contributed by atoms with Crippen LogP contribution in [-0.2, 0) is 11.3 Å². The monoisotopic (exact) mass is 369 g/mol. The number of carboxylic acids is 1. The minimum absolute atomic E-state index is 0.0493. The van der Waals surface area contributed by atoms with Crippen LogP contribution >= 0.6 is 0 Å². The molecule has 26 heavy (non-hydrogen) atoms. The largest absolute Gasteiger partial charge is 0.476 e. The van der Waals surface area contributed by atoms with Gasteiger partial charge in [-0.05, 0) is 23.8 Å². The van der Waals surface area contributed by atoms with E-state index < -0.39 is 29.9 Å². The molecular formula is C17H18F3N3O3. The fourth-order valence-corrected chi connectivity index (χ4v) is 2.16. The zero-order chi connectivity index (χ0) is 19.5. The lowest BCUT2D eigenvalue weighted by Gasteiger charge is -2.26. The summed E-state index contributed by atoms with van der Waals surface area (Å²) in [7, 11) is 0. The van der Waals surface area contributed by atoms with Gasteiger partial charge < -0.3 is 10.4 Å². The molecule has 9 heteroatoms. The third kappa shape index (κ3) is 4.62. The first-order valence-electron chi connectivity index (χ1n) is 7.71. The first-order chi connectivity index (χ1) is 12.0. The Morgan fingerprint density at radius 2 is 1.92 bits per heavy atom. The molecule has 0 atom stereocenters. The zero-order valence-electron chi connectivity index (χ0n) is 14.2. The van der Waals surface area contributed by atoms with Gasteiger partial charge in [0.1, 0.15) is 0 Å². The minimum atomic E-state index is -4.47. The van der Waals surface area contributed by atoms with Gasteiger partial charge in [0.05, 0.1) is 11.1 Å². The molecule has 2 rings (SSSR count). The predicted octanol–water partition coefficient (Wildman–Crippen LogP) is 3.17. The summed E-state index contributed by atoms with van der Waals surface area (Å²) >= 11 is 0. The third-order valence-corrected chi connectivity index (χ3v) is 3.84. The molecule has 0 radical (unpaired) electrons. The second-order valence-corrected chi connectivity index (χ2v) is 6.46. The second kappa shape index (κ2) is 7.19. The molecule has 2 aromatic rings. The standard InChI is InChI=1S/C17H18F3N3O3/c1-16(2,17(18,19)20)9-14(24)21-10-11-4-3-5-12(8-11)23-7-6-13(22-23)15(25)26/h3-8H,9-10H2,1-2H3,(H,21,24)(H,25,26). The molecule has 0 saturated heterocycles. The van der Waals surface area contributed by atoms with Gasteiger partial charge in [-0.25, -0.2) is 9.48 Å². The Morgan fingerprint density at radius 1 is 1.23 bits per heavy atom. The summed E-state index contributed by atoms with van der Waals surface area (Å²) < 4.78 is 39.8. The molecule has 0 bridgehead atoms. The number of aromatic carboxylic acids is 1. The van der Waals surface area contributed by atoms with Crippen molar-refractivity contribution in [2.24, 2.45) is 5.41 Å². The summed E-state index contributed by atoms with van der Waals surface area (Å²) in [6, 6.07) is 8.07. The number of nitrogens with zero attached hydrogens (tertiary/aromatic N) is 2. The van der Waals surface area contributed by atoms with Crippen LogP contribution in [0, 0.1) is 5.41 Å². The van der Waals surface area contributed by atoms with E-state index in [0.29, 0.717) is 11.3 Å². The summed E-state index contributed by atoms with van der Waals surface area (Å²) in [5.41, 5.74) is -1.01. The van der Waals surface area contributed by atoms with Gasteiger partial charge in [0.15, 0.2) is 5.69 Å². The molecule has 1 heterocycles. The fraction of sp³-hybridized carbons (Fsp3) is 0.353. The van der Waals surface area contributed by atoms with Gasteiger partial charge in [-0.15, -0.1) is 0 Å². The lowest BCUT2D eigenvalue weighted by atomic mass is 9.88. The summed E-state index contributed by atoms with van der Waals surface area (Å²) in [6.45, 7) is 2.00. The molecule has 0 saturated carbocycles. The molecule has 1 amide bonds. The number of halogens is 3. The van der Waals surface area contributed by atoms with E-state index in [9.17, 15) is 22.8 Å². The molecular weight excluding hydrogens is 351 g/mol. The number of amides is 1. The second-order valence-electron chi connectivity index (χ2n) is 6.46. The molecule has 2 N–H and O–H groups in total. The van der Waals surface area contributed by atoms with Crippen LogP contribution in [0.4, 0.5) is 13.2 Å². The molecule has 0 unspecified atom stereocenters. The van der Waals surface area contributed by atoms with E-state index in [4.69, 9.17) is 5.11 Å². The molecule has 0 aliphatic heterocycles. The number of hydrogen-bond donors (Lipinski definition) is 2. The van der Waals surface area contributed by atoms with E-state index in [2.05, 4.69) is 10.4 Å². The third-order valence-electron chi connectivity index (χ3n) is 3.84. The molecule has 1 aromatic carbocycles. The lowest BCUT2D eigenvalue weighted by Crippen LogP contribution is -2.37. The number of carbonyl (C=O) groups is 2. The topological polar surface area (TPSA) is 84.2 Å². The van der Waals surface area contributed by atoms with Crippen LogP contribution in [0.2, 0.25) is 0 Å². The Kier molecular flexibility index (Phi) is 5.38. The van der Waals surface area contributed by atoms with Crippen LogP contribution in [0.3, 0.4) is 0 Å². The normalized spacial score (nSPS) is 12.0. The van der Waals surface area contributed by atoms with Crippen molar-refractivity contribution in [2.45, 2.75) is 33.0 Å². The fourth-order valence-electron chi connectivity index (χ4n) is 2.16. The summed E-state index contributed by atoms with van der Waals surface area (Å²) in [4.78, 5) is 22.7. The SMILES string of the molecule is CC(C)(CC(=O)NCc1cccc(-n2ccc(C(=O)O)n2)c1)C(F)(F)F. The maximum absolute atomic E-state index is 12.8. The molecule has 0 aliphatic rings. The highest BCUT2D eigenvalue weighted by Gasteiger charge is 2.48. The van der Waals surface area contributed by atoms with Crippen LogP contribution in [0.15, 0.2) is 36.5 Å². The van der Waals surface area contributed by atoms with E-state index >= 15 is 0 Å². The number of nitrogens with one attached hydrogen (secondary N) is 1. The van der Waals surface area contributed by atoms with Crippen molar-refractivity contribution < 1.29 is 27.9 Å². The molecule has 0 spiro atoms. The first kappa shape index (κ1) is 19.5.